The Kier molecular flexibility index (Phi) is 5.30. The maximum Gasteiger partial charge on any atom is 0.321 e. The molecule has 0 unspecified atom stereocenters. The number of nitrogens with one attached hydrogen (secondary N) is 1. The van der Waals surface area contributed by atoms with Crippen LogP contribution in [-0.4, -0.2) is 41.3 Å². The van der Waals surface area contributed by atoms with E-state index in [1.807, 2.05) is 29.2 Å². The summed E-state index contributed by atoms with van der Waals surface area (Å²) >= 11 is 1.70. The van der Waals surface area contributed by atoms with Crippen LogP contribution in [-0.2, 0) is 6.42 Å². The predicted octanol–water partition coefficient (Wildman–Crippen LogP) is 3.52. The third-order valence-corrected chi connectivity index (χ3v) is 5.49. The lowest BCUT2D eigenvalue weighted by Gasteiger charge is -2.31. The molecule has 3 rings (SSSR count). The van der Waals surface area contributed by atoms with Crippen LogP contribution in [0.25, 0.3) is 0 Å². The van der Waals surface area contributed by atoms with E-state index in [2.05, 4.69) is 22.4 Å². The zero-order valence-corrected chi connectivity index (χ0v) is 14.8. The second-order valence-electron chi connectivity index (χ2n) is 5.81. The van der Waals surface area contributed by atoms with Crippen LogP contribution in [0.5, 0.6) is 5.75 Å². The average Bonchev–Trinajstić information content (AvgIpc) is 3.11. The second-order valence-corrected chi connectivity index (χ2v) is 6.90. The van der Waals surface area contributed by atoms with E-state index in [4.69, 9.17) is 4.74 Å². The molecule has 24 heavy (non-hydrogen) atoms. The predicted molar refractivity (Wildman–Crippen MR) is 94.8 cm³/mol. The lowest BCUT2D eigenvalue weighted by atomic mass is 9.98. The third kappa shape index (κ3) is 3.84. The van der Waals surface area contributed by atoms with Crippen molar-refractivity contribution in [3.8, 4) is 5.75 Å². The molecule has 128 valence electrons. The molecular weight excluding hydrogens is 324 g/mol. The van der Waals surface area contributed by atoms with E-state index < -0.39 is 0 Å². The normalized spacial score (nSPS) is 15.3. The van der Waals surface area contributed by atoms with Crippen LogP contribution in [0.1, 0.15) is 35.7 Å². The quantitative estimate of drug-likeness (QED) is 0.920. The molecule has 1 aliphatic heterocycles. The summed E-state index contributed by atoms with van der Waals surface area (Å²) in [5.74, 6) is 1.20. The van der Waals surface area contributed by atoms with Gasteiger partial charge in [0.25, 0.3) is 0 Å². The molecule has 2 amide bonds. The van der Waals surface area contributed by atoms with Gasteiger partial charge in [0.2, 0.25) is 0 Å². The highest BCUT2D eigenvalue weighted by molar-refractivity contribution is 7.11. The number of aryl methyl sites for hydroxylation is 1. The number of hydrogen-bond acceptors (Lipinski definition) is 5. The number of carbonyl (C=O) groups is 1. The number of aromatic nitrogens is 2. The SMILES string of the molecule is CCc1nnc(C2CCN(C(=O)Nc3ccc(OC)cc3)CC2)s1. The van der Waals surface area contributed by atoms with Crippen molar-refractivity contribution in [2.45, 2.75) is 32.1 Å². The maximum absolute atomic E-state index is 12.4. The first-order valence-corrected chi connectivity index (χ1v) is 9.03. The first-order valence-electron chi connectivity index (χ1n) is 8.22. The van der Waals surface area contributed by atoms with E-state index in [9.17, 15) is 4.79 Å². The smallest absolute Gasteiger partial charge is 0.321 e. The lowest BCUT2D eigenvalue weighted by Crippen LogP contribution is -2.40. The van der Waals surface area contributed by atoms with E-state index >= 15 is 0 Å². The summed E-state index contributed by atoms with van der Waals surface area (Å²) in [6.07, 6.45) is 2.81. The lowest BCUT2D eigenvalue weighted by molar-refractivity contribution is 0.194. The Morgan fingerprint density at radius 2 is 2.00 bits per heavy atom. The van der Waals surface area contributed by atoms with Crippen LogP contribution in [0, 0.1) is 0 Å². The van der Waals surface area contributed by atoms with Gasteiger partial charge < -0.3 is 15.0 Å². The van der Waals surface area contributed by atoms with E-state index in [-0.39, 0.29) is 6.03 Å². The van der Waals surface area contributed by atoms with Gasteiger partial charge in [0.15, 0.2) is 0 Å². The maximum atomic E-state index is 12.4. The standard InChI is InChI=1S/C17H22N4O2S/c1-3-15-19-20-16(24-15)12-8-10-21(11-9-12)17(22)18-13-4-6-14(23-2)7-5-13/h4-7,12H,3,8-11H2,1-2H3,(H,18,22). The van der Waals surface area contributed by atoms with E-state index in [0.29, 0.717) is 5.92 Å². The zero-order valence-electron chi connectivity index (χ0n) is 14.0. The summed E-state index contributed by atoms with van der Waals surface area (Å²) in [5, 5.41) is 13.6. The average molecular weight is 346 g/mol. The van der Waals surface area contributed by atoms with Crippen LogP contribution in [0.15, 0.2) is 24.3 Å². The number of carbonyl (C=O) groups excluding carboxylic acids is 1. The van der Waals surface area contributed by atoms with Crippen LogP contribution in [0.3, 0.4) is 0 Å². The Hall–Kier alpha value is -2.15. The molecule has 0 spiro atoms. The van der Waals surface area contributed by atoms with Gasteiger partial charge in [-0.3, -0.25) is 0 Å². The Labute approximate surface area is 145 Å². The second kappa shape index (κ2) is 7.61. The van der Waals surface area contributed by atoms with E-state index in [0.717, 1.165) is 53.8 Å². The highest BCUT2D eigenvalue weighted by Crippen LogP contribution is 2.30. The van der Waals surface area contributed by atoms with Gasteiger partial charge in [-0.1, -0.05) is 6.92 Å². The monoisotopic (exact) mass is 346 g/mol. The number of anilines is 1. The van der Waals surface area contributed by atoms with Gasteiger partial charge in [-0.25, -0.2) is 4.79 Å². The summed E-state index contributed by atoms with van der Waals surface area (Å²) in [4.78, 5) is 14.2. The van der Waals surface area contributed by atoms with Gasteiger partial charge >= 0.3 is 6.03 Å². The minimum absolute atomic E-state index is 0.0508. The summed E-state index contributed by atoms with van der Waals surface area (Å²) in [5.41, 5.74) is 0.777. The number of urea groups is 1. The number of benzene rings is 1. The molecule has 0 saturated carbocycles. The zero-order chi connectivity index (χ0) is 16.9. The van der Waals surface area contributed by atoms with E-state index in [1.165, 1.54) is 0 Å². The molecule has 7 heteroatoms. The molecule has 1 fully saturated rings. The highest BCUT2D eigenvalue weighted by atomic mass is 32.1. The number of ether oxygens (including phenoxy) is 1. The van der Waals surface area contributed by atoms with Gasteiger partial charge in [0.05, 0.1) is 7.11 Å². The third-order valence-electron chi connectivity index (χ3n) is 4.26. The van der Waals surface area contributed by atoms with Gasteiger partial charge in [0.1, 0.15) is 15.8 Å². The summed E-state index contributed by atoms with van der Waals surface area (Å²) in [6, 6.07) is 7.31. The molecule has 0 aliphatic carbocycles. The van der Waals surface area contributed by atoms with Crippen LogP contribution in [0.2, 0.25) is 0 Å². The molecule has 1 aromatic heterocycles. The minimum Gasteiger partial charge on any atom is -0.497 e. The minimum atomic E-state index is -0.0508. The number of hydrogen-bond donors (Lipinski definition) is 1. The highest BCUT2D eigenvalue weighted by Gasteiger charge is 2.26. The Bertz CT molecular complexity index is 678. The molecule has 1 aliphatic rings. The number of amides is 2. The van der Waals surface area contributed by atoms with Gasteiger partial charge in [-0.2, -0.15) is 0 Å². The van der Waals surface area contributed by atoms with Gasteiger partial charge in [-0.05, 0) is 43.5 Å². The Morgan fingerprint density at radius 1 is 1.29 bits per heavy atom. The number of methoxy groups -OCH3 is 1. The molecule has 1 aromatic carbocycles. The van der Waals surface area contributed by atoms with E-state index in [1.54, 1.807) is 18.4 Å². The van der Waals surface area contributed by atoms with Crippen molar-refractivity contribution in [3.05, 3.63) is 34.3 Å². The van der Waals surface area contributed by atoms with Gasteiger partial charge in [0, 0.05) is 24.7 Å². The summed E-state index contributed by atoms with van der Waals surface area (Å²) in [7, 11) is 1.62. The Morgan fingerprint density at radius 3 is 2.58 bits per heavy atom. The number of nitrogens with zero attached hydrogens (tertiary/aromatic N) is 3. The fourth-order valence-electron chi connectivity index (χ4n) is 2.78. The van der Waals surface area contributed by atoms with Crippen molar-refractivity contribution < 1.29 is 9.53 Å². The first-order chi connectivity index (χ1) is 11.7. The largest absolute Gasteiger partial charge is 0.497 e. The molecule has 0 radical (unpaired) electrons. The van der Waals surface area contributed by atoms with Crippen molar-refractivity contribution in [2.24, 2.45) is 0 Å². The van der Waals surface area contributed by atoms with Crippen molar-refractivity contribution >= 4 is 23.1 Å². The molecule has 0 atom stereocenters. The fourth-order valence-corrected chi connectivity index (χ4v) is 3.73. The van der Waals surface area contributed by atoms with Crippen molar-refractivity contribution in [1.82, 2.24) is 15.1 Å². The topological polar surface area (TPSA) is 67.4 Å². The first kappa shape index (κ1) is 16.7. The van der Waals surface area contributed by atoms with Crippen LogP contribution in [0.4, 0.5) is 10.5 Å². The molecule has 2 heterocycles. The van der Waals surface area contributed by atoms with Crippen molar-refractivity contribution in [1.29, 1.82) is 0 Å². The molecule has 0 bridgehead atoms. The summed E-state index contributed by atoms with van der Waals surface area (Å²) in [6.45, 7) is 3.58. The Balaban J connectivity index is 1.52. The fraction of sp³-hybridized carbons (Fsp3) is 0.471. The number of piperidine rings is 1. The van der Waals surface area contributed by atoms with Crippen LogP contribution >= 0.6 is 11.3 Å². The van der Waals surface area contributed by atoms with Crippen molar-refractivity contribution in [2.75, 3.05) is 25.5 Å². The molecule has 6 nitrogen and oxygen atoms in total. The van der Waals surface area contributed by atoms with Gasteiger partial charge in [-0.15, -0.1) is 21.5 Å². The molecular formula is C17H22N4O2S. The number of rotatable bonds is 4. The number of likely N-dealkylation sites (tertiary alicyclic amines) is 1. The van der Waals surface area contributed by atoms with Crippen molar-refractivity contribution in [3.63, 3.8) is 0 Å². The molecule has 2 aromatic rings. The molecule has 1 saturated heterocycles. The van der Waals surface area contributed by atoms with Crippen LogP contribution < -0.4 is 10.1 Å². The summed E-state index contributed by atoms with van der Waals surface area (Å²) < 4.78 is 5.12. The molecule has 1 N–H and O–H groups in total.